The molecule has 0 spiro atoms. The summed E-state index contributed by atoms with van der Waals surface area (Å²) >= 11 is 6.20. The predicted molar refractivity (Wildman–Crippen MR) is 78.0 cm³/mol. The summed E-state index contributed by atoms with van der Waals surface area (Å²) in [6, 6.07) is 5.25. The van der Waals surface area contributed by atoms with Crippen molar-refractivity contribution in [1.29, 1.82) is 0 Å². The van der Waals surface area contributed by atoms with E-state index in [1.54, 1.807) is 6.07 Å². The highest BCUT2D eigenvalue weighted by Gasteiger charge is 2.34. The van der Waals surface area contributed by atoms with Crippen LogP contribution in [0.4, 0.5) is 4.39 Å². The van der Waals surface area contributed by atoms with Gasteiger partial charge < -0.3 is 5.32 Å². The molecule has 1 aliphatic heterocycles. The van der Waals surface area contributed by atoms with E-state index in [9.17, 15) is 4.39 Å². The Morgan fingerprint density at radius 3 is 2.47 bits per heavy atom. The van der Waals surface area contributed by atoms with Gasteiger partial charge in [-0.05, 0) is 17.0 Å². The van der Waals surface area contributed by atoms with Gasteiger partial charge in [-0.15, -0.1) is 0 Å². The van der Waals surface area contributed by atoms with E-state index in [1.807, 2.05) is 6.07 Å². The molecule has 1 aromatic rings. The van der Waals surface area contributed by atoms with Gasteiger partial charge in [0.2, 0.25) is 0 Å². The number of nitrogens with one attached hydrogen (secondary N) is 1. The van der Waals surface area contributed by atoms with Crippen molar-refractivity contribution < 1.29 is 4.39 Å². The Kier molecular flexibility index (Phi) is 4.49. The van der Waals surface area contributed by atoms with E-state index in [2.05, 4.69) is 31.0 Å². The van der Waals surface area contributed by atoms with Crippen molar-refractivity contribution in [3.05, 3.63) is 34.6 Å². The summed E-state index contributed by atoms with van der Waals surface area (Å²) in [6.07, 6.45) is 0. The second kappa shape index (κ2) is 5.78. The largest absolute Gasteiger partial charge is 0.314 e. The molecule has 1 atom stereocenters. The smallest absolute Gasteiger partial charge is 0.142 e. The third kappa shape index (κ3) is 3.28. The molecule has 1 aliphatic rings. The molecule has 1 heterocycles. The average Bonchev–Trinajstić information content (AvgIpc) is 2.35. The van der Waals surface area contributed by atoms with Crippen molar-refractivity contribution in [1.82, 2.24) is 10.2 Å². The first kappa shape index (κ1) is 14.8. The van der Waals surface area contributed by atoms with Gasteiger partial charge in [-0.25, -0.2) is 4.39 Å². The van der Waals surface area contributed by atoms with Crippen LogP contribution in [0.1, 0.15) is 32.4 Å². The van der Waals surface area contributed by atoms with Crippen LogP contribution in [0.3, 0.4) is 0 Å². The van der Waals surface area contributed by atoms with Gasteiger partial charge in [0.25, 0.3) is 0 Å². The minimum atomic E-state index is -0.330. The van der Waals surface area contributed by atoms with Crippen LogP contribution in [-0.2, 0) is 0 Å². The van der Waals surface area contributed by atoms with Gasteiger partial charge >= 0.3 is 0 Å². The summed E-state index contributed by atoms with van der Waals surface area (Å²) in [7, 11) is 0. The molecule has 1 saturated heterocycles. The number of piperazine rings is 1. The first-order valence-electron chi connectivity index (χ1n) is 6.80. The van der Waals surface area contributed by atoms with Gasteiger partial charge in [-0.2, -0.15) is 0 Å². The number of rotatable bonds is 2. The molecule has 1 fully saturated rings. The zero-order valence-corrected chi connectivity index (χ0v) is 12.6. The first-order valence-corrected chi connectivity index (χ1v) is 7.18. The highest BCUT2D eigenvalue weighted by molar-refractivity contribution is 6.31. The van der Waals surface area contributed by atoms with E-state index < -0.39 is 0 Å². The molecule has 1 N–H and O–H groups in total. The number of nitrogens with zero attached hydrogens (tertiary/aromatic N) is 1. The molecule has 4 heteroatoms. The highest BCUT2D eigenvalue weighted by Crippen LogP contribution is 2.41. The molecular weight excluding hydrogens is 263 g/mol. The number of hydrogen-bond acceptors (Lipinski definition) is 2. The SMILES string of the molecule is CC(C)(C)[C@H](c1cccc(F)c1Cl)N1CCNCC1. The molecule has 0 saturated carbocycles. The lowest BCUT2D eigenvalue weighted by Gasteiger charge is -2.43. The van der Waals surface area contributed by atoms with Gasteiger partial charge in [0.1, 0.15) is 5.82 Å². The van der Waals surface area contributed by atoms with E-state index in [1.165, 1.54) is 6.07 Å². The van der Waals surface area contributed by atoms with Crippen molar-refractivity contribution in [2.45, 2.75) is 26.8 Å². The maximum Gasteiger partial charge on any atom is 0.142 e. The highest BCUT2D eigenvalue weighted by atomic mass is 35.5. The lowest BCUT2D eigenvalue weighted by atomic mass is 9.81. The number of benzene rings is 1. The Hall–Kier alpha value is -0.640. The fraction of sp³-hybridized carbons (Fsp3) is 0.600. The van der Waals surface area contributed by atoms with Crippen molar-refractivity contribution in [2.75, 3.05) is 26.2 Å². The summed E-state index contributed by atoms with van der Waals surface area (Å²) in [5, 5.41) is 3.61. The summed E-state index contributed by atoms with van der Waals surface area (Å²) in [6.45, 7) is 10.4. The van der Waals surface area contributed by atoms with Crippen LogP contribution in [0.5, 0.6) is 0 Å². The Morgan fingerprint density at radius 1 is 1.26 bits per heavy atom. The molecule has 0 bridgehead atoms. The van der Waals surface area contributed by atoms with Gasteiger partial charge in [0.15, 0.2) is 0 Å². The minimum Gasteiger partial charge on any atom is -0.314 e. The zero-order chi connectivity index (χ0) is 14.0. The second-order valence-electron chi connectivity index (χ2n) is 6.20. The fourth-order valence-electron chi connectivity index (χ4n) is 2.88. The molecule has 0 unspecified atom stereocenters. The molecule has 106 valence electrons. The average molecular weight is 285 g/mol. The summed E-state index contributed by atoms with van der Waals surface area (Å²) < 4.78 is 13.7. The van der Waals surface area contributed by atoms with E-state index in [-0.39, 0.29) is 22.3 Å². The molecule has 1 aromatic carbocycles. The van der Waals surface area contributed by atoms with E-state index in [0.29, 0.717) is 0 Å². The van der Waals surface area contributed by atoms with Crippen LogP contribution in [0, 0.1) is 11.2 Å². The van der Waals surface area contributed by atoms with Crippen molar-refractivity contribution >= 4 is 11.6 Å². The van der Waals surface area contributed by atoms with Crippen LogP contribution in [0.15, 0.2) is 18.2 Å². The van der Waals surface area contributed by atoms with Crippen LogP contribution < -0.4 is 5.32 Å². The Morgan fingerprint density at radius 2 is 1.89 bits per heavy atom. The molecule has 0 aromatic heterocycles. The first-order chi connectivity index (χ1) is 8.91. The lowest BCUT2D eigenvalue weighted by molar-refractivity contribution is 0.0861. The molecule has 2 nitrogen and oxygen atoms in total. The molecule has 2 rings (SSSR count). The third-order valence-corrected chi connectivity index (χ3v) is 4.01. The molecule has 0 amide bonds. The third-order valence-electron chi connectivity index (χ3n) is 3.61. The standard InChI is InChI=1S/C15H22ClFN2/c1-15(2,3)14(19-9-7-18-8-10-19)11-5-4-6-12(17)13(11)16/h4-6,14,18H,7-10H2,1-3H3/t14-/m0/s1. The van der Waals surface area contributed by atoms with Crippen molar-refractivity contribution in [3.8, 4) is 0 Å². The van der Waals surface area contributed by atoms with Crippen molar-refractivity contribution in [3.63, 3.8) is 0 Å². The maximum absolute atomic E-state index is 13.7. The van der Waals surface area contributed by atoms with E-state index >= 15 is 0 Å². The normalized spacial score (nSPS) is 19.4. The van der Waals surface area contributed by atoms with Crippen LogP contribution in [0.2, 0.25) is 5.02 Å². The quantitative estimate of drug-likeness (QED) is 0.895. The van der Waals surface area contributed by atoms with Crippen LogP contribution in [-0.4, -0.2) is 31.1 Å². The Labute approximate surface area is 119 Å². The minimum absolute atomic E-state index is 0.00870. The summed E-state index contributed by atoms with van der Waals surface area (Å²) in [5.74, 6) is -0.330. The second-order valence-corrected chi connectivity index (χ2v) is 6.58. The van der Waals surface area contributed by atoms with Gasteiger partial charge in [0.05, 0.1) is 5.02 Å². The van der Waals surface area contributed by atoms with Crippen molar-refractivity contribution in [2.24, 2.45) is 5.41 Å². The maximum atomic E-state index is 13.7. The molecule has 0 aliphatic carbocycles. The Bertz CT molecular complexity index is 436. The number of halogens is 2. The van der Waals surface area contributed by atoms with Gasteiger partial charge in [-0.3, -0.25) is 4.90 Å². The predicted octanol–water partition coefficient (Wildman–Crippen LogP) is 3.47. The van der Waals surface area contributed by atoms with E-state index in [0.717, 1.165) is 31.7 Å². The number of hydrogen-bond donors (Lipinski definition) is 1. The monoisotopic (exact) mass is 284 g/mol. The molecule has 19 heavy (non-hydrogen) atoms. The fourth-order valence-corrected chi connectivity index (χ4v) is 3.11. The topological polar surface area (TPSA) is 15.3 Å². The van der Waals surface area contributed by atoms with Gasteiger partial charge in [0, 0.05) is 32.2 Å². The van der Waals surface area contributed by atoms with Crippen LogP contribution >= 0.6 is 11.6 Å². The zero-order valence-electron chi connectivity index (χ0n) is 11.8. The van der Waals surface area contributed by atoms with Gasteiger partial charge in [-0.1, -0.05) is 44.5 Å². The molecule has 0 radical (unpaired) electrons. The Balaban J connectivity index is 2.40. The lowest BCUT2D eigenvalue weighted by Crippen LogP contribution is -2.48. The summed E-state index contributed by atoms with van der Waals surface area (Å²) in [4.78, 5) is 2.40. The van der Waals surface area contributed by atoms with E-state index in [4.69, 9.17) is 11.6 Å². The van der Waals surface area contributed by atoms with Crippen LogP contribution in [0.25, 0.3) is 0 Å². The summed E-state index contributed by atoms with van der Waals surface area (Å²) in [5.41, 5.74) is 0.908. The molecular formula is C15H22ClFN2.